The minimum atomic E-state index is -0.418. The zero-order valence-corrected chi connectivity index (χ0v) is 15.6. The van der Waals surface area contributed by atoms with Crippen LogP contribution in [0, 0.1) is 13.8 Å². The number of amides is 1. The van der Waals surface area contributed by atoms with E-state index in [4.69, 9.17) is 4.74 Å². The van der Waals surface area contributed by atoms with Crippen LogP contribution in [0.1, 0.15) is 27.4 Å². The number of carbonyl (C=O) groups is 1. The lowest BCUT2D eigenvalue weighted by molar-refractivity contribution is 0.101. The van der Waals surface area contributed by atoms with E-state index >= 15 is 0 Å². The highest BCUT2D eigenvalue weighted by Gasteiger charge is 2.16. The summed E-state index contributed by atoms with van der Waals surface area (Å²) in [5, 5.41) is 7.08. The summed E-state index contributed by atoms with van der Waals surface area (Å²) in [4.78, 5) is 21.0. The Morgan fingerprint density at radius 1 is 1.11 bits per heavy atom. The zero-order chi connectivity index (χ0) is 19.5. The number of benzene rings is 2. The van der Waals surface area contributed by atoms with E-state index in [0.717, 1.165) is 16.8 Å². The summed E-state index contributed by atoms with van der Waals surface area (Å²) in [5.74, 6) is 0.611. The van der Waals surface area contributed by atoms with Crippen LogP contribution in [0.15, 0.2) is 60.8 Å². The third-order valence-electron chi connectivity index (χ3n) is 4.26. The summed E-state index contributed by atoms with van der Waals surface area (Å²) < 4.78 is 7.48. The fourth-order valence-electron chi connectivity index (χ4n) is 2.77. The normalized spacial score (nSPS) is 10.8. The summed E-state index contributed by atoms with van der Waals surface area (Å²) >= 11 is 0. The van der Waals surface area contributed by atoms with Crippen molar-refractivity contribution in [1.82, 2.24) is 19.6 Å². The van der Waals surface area contributed by atoms with Crippen LogP contribution in [0.3, 0.4) is 0 Å². The molecule has 0 saturated heterocycles. The standard InChI is InChI=1S/C21H19N5O2/c1-14-8-9-17(18(12-14)28-13-16-6-4-3-5-7-16)23-20(27)19-24-21-22-11-10-15(2)26(21)25-19/h3-12H,13H2,1-2H3,(H,23,27). The van der Waals surface area contributed by atoms with Crippen molar-refractivity contribution in [3.05, 3.63) is 83.4 Å². The molecule has 0 aliphatic carbocycles. The van der Waals surface area contributed by atoms with Gasteiger partial charge in [0, 0.05) is 11.9 Å². The average molecular weight is 373 g/mol. The first-order valence-electron chi connectivity index (χ1n) is 8.87. The van der Waals surface area contributed by atoms with Gasteiger partial charge in [-0.1, -0.05) is 36.4 Å². The van der Waals surface area contributed by atoms with Crippen molar-refractivity contribution in [2.45, 2.75) is 20.5 Å². The van der Waals surface area contributed by atoms with Gasteiger partial charge in [0.15, 0.2) is 0 Å². The van der Waals surface area contributed by atoms with E-state index in [1.807, 2.05) is 62.4 Å². The number of aromatic nitrogens is 4. The van der Waals surface area contributed by atoms with Gasteiger partial charge in [0.2, 0.25) is 5.82 Å². The van der Waals surface area contributed by atoms with Crippen molar-refractivity contribution >= 4 is 17.4 Å². The Bertz CT molecular complexity index is 1140. The molecule has 7 heteroatoms. The molecule has 0 spiro atoms. The second-order valence-electron chi connectivity index (χ2n) is 6.46. The van der Waals surface area contributed by atoms with Crippen molar-refractivity contribution < 1.29 is 9.53 Å². The lowest BCUT2D eigenvalue weighted by atomic mass is 10.2. The van der Waals surface area contributed by atoms with E-state index in [2.05, 4.69) is 20.4 Å². The van der Waals surface area contributed by atoms with Crippen LogP contribution in [0.4, 0.5) is 5.69 Å². The van der Waals surface area contributed by atoms with Crippen LogP contribution in [-0.2, 0) is 6.61 Å². The minimum Gasteiger partial charge on any atom is -0.487 e. The molecular weight excluding hydrogens is 354 g/mol. The maximum absolute atomic E-state index is 12.7. The van der Waals surface area contributed by atoms with Gasteiger partial charge in [0.05, 0.1) is 5.69 Å². The molecule has 0 aliphatic rings. The van der Waals surface area contributed by atoms with Crippen LogP contribution >= 0.6 is 0 Å². The van der Waals surface area contributed by atoms with E-state index < -0.39 is 5.91 Å². The molecule has 140 valence electrons. The van der Waals surface area contributed by atoms with Gasteiger partial charge in [0.25, 0.3) is 11.7 Å². The molecule has 0 atom stereocenters. The number of hydrogen-bond donors (Lipinski definition) is 1. The Kier molecular flexibility index (Phi) is 4.72. The third kappa shape index (κ3) is 3.68. The van der Waals surface area contributed by atoms with Gasteiger partial charge in [-0.3, -0.25) is 4.79 Å². The van der Waals surface area contributed by atoms with Gasteiger partial charge in [0.1, 0.15) is 12.4 Å². The fraction of sp³-hybridized carbons (Fsp3) is 0.143. The zero-order valence-electron chi connectivity index (χ0n) is 15.6. The first-order chi connectivity index (χ1) is 13.6. The summed E-state index contributed by atoms with van der Waals surface area (Å²) in [7, 11) is 0. The highest BCUT2D eigenvalue weighted by atomic mass is 16.5. The molecule has 28 heavy (non-hydrogen) atoms. The van der Waals surface area contributed by atoms with Gasteiger partial charge in [-0.2, -0.15) is 4.98 Å². The SMILES string of the molecule is Cc1ccc(NC(=O)c2nc3nccc(C)n3n2)c(OCc2ccccc2)c1. The van der Waals surface area contributed by atoms with Gasteiger partial charge in [-0.05, 0) is 43.2 Å². The van der Waals surface area contributed by atoms with Crippen molar-refractivity contribution in [2.75, 3.05) is 5.32 Å². The Balaban J connectivity index is 1.56. The van der Waals surface area contributed by atoms with Gasteiger partial charge in [-0.25, -0.2) is 9.50 Å². The predicted octanol–water partition coefficient (Wildman–Crippen LogP) is 3.57. The number of ether oxygens (including phenoxy) is 1. The maximum Gasteiger partial charge on any atom is 0.295 e. The molecule has 4 rings (SSSR count). The topological polar surface area (TPSA) is 81.4 Å². The fourth-order valence-corrected chi connectivity index (χ4v) is 2.77. The van der Waals surface area contributed by atoms with Crippen LogP contribution in [0.25, 0.3) is 5.78 Å². The van der Waals surface area contributed by atoms with E-state index in [1.165, 1.54) is 4.52 Å². The summed E-state index contributed by atoms with van der Waals surface area (Å²) in [5.41, 5.74) is 3.49. The molecule has 1 amide bonds. The molecule has 0 radical (unpaired) electrons. The van der Waals surface area contributed by atoms with E-state index in [-0.39, 0.29) is 5.82 Å². The molecular formula is C21H19N5O2. The Morgan fingerprint density at radius 3 is 2.71 bits per heavy atom. The molecule has 1 N–H and O–H groups in total. The quantitative estimate of drug-likeness (QED) is 0.578. The average Bonchev–Trinajstić information content (AvgIpc) is 3.15. The van der Waals surface area contributed by atoms with E-state index in [0.29, 0.717) is 23.8 Å². The summed E-state index contributed by atoms with van der Waals surface area (Å²) in [6.45, 7) is 4.25. The van der Waals surface area contributed by atoms with Crippen molar-refractivity contribution in [2.24, 2.45) is 0 Å². The number of carbonyl (C=O) groups excluding carboxylic acids is 1. The Morgan fingerprint density at radius 2 is 1.93 bits per heavy atom. The first kappa shape index (κ1) is 17.7. The molecule has 0 fully saturated rings. The van der Waals surface area contributed by atoms with Gasteiger partial charge >= 0.3 is 0 Å². The minimum absolute atomic E-state index is 0.0522. The lowest BCUT2D eigenvalue weighted by Gasteiger charge is -2.13. The lowest BCUT2D eigenvalue weighted by Crippen LogP contribution is -2.15. The number of anilines is 1. The number of hydrogen-bond acceptors (Lipinski definition) is 5. The number of aryl methyl sites for hydroxylation is 2. The number of fused-ring (bicyclic) bond motifs is 1. The molecule has 4 aromatic rings. The van der Waals surface area contributed by atoms with Crippen LogP contribution in [-0.4, -0.2) is 25.5 Å². The number of rotatable bonds is 5. The van der Waals surface area contributed by atoms with Crippen molar-refractivity contribution in [3.63, 3.8) is 0 Å². The summed E-state index contributed by atoms with van der Waals surface area (Å²) in [6, 6.07) is 17.3. The highest BCUT2D eigenvalue weighted by Crippen LogP contribution is 2.27. The maximum atomic E-state index is 12.7. The number of nitrogens with zero attached hydrogens (tertiary/aromatic N) is 4. The number of nitrogens with one attached hydrogen (secondary N) is 1. The molecule has 0 saturated carbocycles. The second-order valence-corrected chi connectivity index (χ2v) is 6.46. The second kappa shape index (κ2) is 7.48. The molecule has 2 aromatic carbocycles. The van der Waals surface area contributed by atoms with Crippen LogP contribution < -0.4 is 10.1 Å². The van der Waals surface area contributed by atoms with Crippen molar-refractivity contribution in [1.29, 1.82) is 0 Å². The Labute approximate surface area is 162 Å². The monoisotopic (exact) mass is 373 g/mol. The highest BCUT2D eigenvalue weighted by molar-refractivity contribution is 6.02. The van der Waals surface area contributed by atoms with Crippen molar-refractivity contribution in [3.8, 4) is 5.75 Å². The van der Waals surface area contributed by atoms with E-state index in [9.17, 15) is 4.79 Å². The summed E-state index contributed by atoms with van der Waals surface area (Å²) in [6.07, 6.45) is 1.64. The van der Waals surface area contributed by atoms with Gasteiger partial charge in [-0.15, -0.1) is 5.10 Å². The molecule has 0 bridgehead atoms. The molecule has 2 heterocycles. The van der Waals surface area contributed by atoms with Gasteiger partial charge < -0.3 is 10.1 Å². The predicted molar refractivity (Wildman–Crippen MR) is 105 cm³/mol. The van der Waals surface area contributed by atoms with Crippen LogP contribution in [0.2, 0.25) is 0 Å². The van der Waals surface area contributed by atoms with Crippen LogP contribution in [0.5, 0.6) is 5.75 Å². The smallest absolute Gasteiger partial charge is 0.295 e. The first-order valence-corrected chi connectivity index (χ1v) is 8.87. The molecule has 7 nitrogen and oxygen atoms in total. The molecule has 0 unspecified atom stereocenters. The Hall–Kier alpha value is -3.74. The van der Waals surface area contributed by atoms with E-state index in [1.54, 1.807) is 12.3 Å². The third-order valence-corrected chi connectivity index (χ3v) is 4.26. The molecule has 2 aromatic heterocycles. The molecule has 0 aliphatic heterocycles. The largest absolute Gasteiger partial charge is 0.487 e.